The number of anilines is 1. The van der Waals surface area contributed by atoms with Crippen molar-refractivity contribution in [2.75, 3.05) is 18.5 Å². The molecule has 0 spiro atoms. The van der Waals surface area contributed by atoms with E-state index in [1.807, 2.05) is 13.0 Å². The van der Waals surface area contributed by atoms with E-state index >= 15 is 0 Å². The highest BCUT2D eigenvalue weighted by Gasteiger charge is 2.22. The first-order chi connectivity index (χ1) is 14.5. The number of H-pyrrole nitrogens is 1. The van der Waals surface area contributed by atoms with Gasteiger partial charge in [-0.3, -0.25) is 9.59 Å². The summed E-state index contributed by atoms with van der Waals surface area (Å²) in [7, 11) is 0. The molecule has 0 aliphatic heterocycles. The second-order valence-electron chi connectivity index (χ2n) is 7.85. The monoisotopic (exact) mass is 405 g/mol. The number of benzene rings is 2. The minimum Gasteiger partial charge on any atom is -0.494 e. The molecule has 1 unspecified atom stereocenters. The highest BCUT2D eigenvalue weighted by atomic mass is 16.5. The van der Waals surface area contributed by atoms with Gasteiger partial charge in [-0.25, -0.2) is 0 Å². The third kappa shape index (κ3) is 4.17. The van der Waals surface area contributed by atoms with Crippen molar-refractivity contribution in [3.63, 3.8) is 0 Å². The van der Waals surface area contributed by atoms with E-state index in [1.165, 1.54) is 11.3 Å². The highest BCUT2D eigenvalue weighted by Crippen LogP contribution is 2.32. The molecule has 0 saturated heterocycles. The Morgan fingerprint density at radius 2 is 1.97 bits per heavy atom. The van der Waals surface area contributed by atoms with Crippen LogP contribution in [0.1, 0.15) is 41.9 Å². The zero-order valence-corrected chi connectivity index (χ0v) is 17.4. The minimum atomic E-state index is -0.278. The molecular weight excluding hydrogens is 378 g/mol. The van der Waals surface area contributed by atoms with Gasteiger partial charge in [0.05, 0.1) is 24.2 Å². The number of nitrogens with one attached hydrogen (secondary N) is 3. The summed E-state index contributed by atoms with van der Waals surface area (Å²) in [6.45, 7) is 4.68. The predicted molar refractivity (Wildman–Crippen MR) is 118 cm³/mol. The van der Waals surface area contributed by atoms with Crippen LogP contribution < -0.4 is 15.4 Å². The Balaban J connectivity index is 1.41. The Bertz CT molecular complexity index is 1070. The van der Waals surface area contributed by atoms with E-state index in [-0.39, 0.29) is 18.4 Å². The summed E-state index contributed by atoms with van der Waals surface area (Å²) in [5.74, 6) is 0.869. The molecule has 2 aromatic carbocycles. The lowest BCUT2D eigenvalue weighted by atomic mass is 9.87. The van der Waals surface area contributed by atoms with Crippen molar-refractivity contribution >= 4 is 28.4 Å². The van der Waals surface area contributed by atoms with Crippen LogP contribution in [0.3, 0.4) is 0 Å². The molecule has 1 heterocycles. The topological polar surface area (TPSA) is 83.2 Å². The molecule has 1 aromatic heterocycles. The summed E-state index contributed by atoms with van der Waals surface area (Å²) < 4.78 is 5.39. The van der Waals surface area contributed by atoms with Gasteiger partial charge in [-0.15, -0.1) is 0 Å². The number of aryl methyl sites for hydroxylation is 1. The van der Waals surface area contributed by atoms with Crippen molar-refractivity contribution in [1.82, 2.24) is 10.3 Å². The van der Waals surface area contributed by atoms with E-state index in [0.29, 0.717) is 23.8 Å². The maximum Gasteiger partial charge on any atom is 0.253 e. The van der Waals surface area contributed by atoms with Crippen molar-refractivity contribution in [1.29, 1.82) is 0 Å². The summed E-state index contributed by atoms with van der Waals surface area (Å²) in [6, 6.07) is 12.9. The third-order valence-corrected chi connectivity index (χ3v) is 5.57. The lowest BCUT2D eigenvalue weighted by molar-refractivity contribution is -0.115. The fourth-order valence-electron chi connectivity index (χ4n) is 4.07. The molecule has 0 saturated carbocycles. The average Bonchev–Trinajstić information content (AvgIpc) is 3.11. The van der Waals surface area contributed by atoms with Gasteiger partial charge in [0, 0.05) is 16.8 Å². The molecule has 3 N–H and O–H groups in total. The van der Waals surface area contributed by atoms with E-state index in [9.17, 15) is 9.59 Å². The molecule has 1 aliphatic rings. The van der Waals surface area contributed by atoms with Crippen LogP contribution in [0.2, 0.25) is 0 Å². The highest BCUT2D eigenvalue weighted by molar-refractivity contribution is 6.08. The normalized spacial score (nSPS) is 15.5. The molecule has 0 fully saturated rings. The Morgan fingerprint density at radius 1 is 1.17 bits per heavy atom. The largest absolute Gasteiger partial charge is 0.494 e. The SMILES string of the molecule is CCOc1ccc(NC(=O)CNC(=O)c2cccc3c4c([nH]c23)CCC(C)C4)cc1. The molecule has 0 bridgehead atoms. The quantitative estimate of drug-likeness (QED) is 0.578. The number of hydrogen-bond donors (Lipinski definition) is 3. The fourth-order valence-corrected chi connectivity index (χ4v) is 4.07. The number of hydrogen-bond acceptors (Lipinski definition) is 3. The minimum absolute atomic E-state index is 0.0973. The molecule has 0 radical (unpaired) electrons. The van der Waals surface area contributed by atoms with Gasteiger partial charge in [-0.2, -0.15) is 0 Å². The summed E-state index contributed by atoms with van der Waals surface area (Å²) in [5.41, 5.74) is 4.65. The van der Waals surface area contributed by atoms with Crippen LogP contribution in [0.25, 0.3) is 10.9 Å². The Morgan fingerprint density at radius 3 is 2.73 bits per heavy atom. The van der Waals surface area contributed by atoms with Gasteiger partial charge >= 0.3 is 0 Å². The lowest BCUT2D eigenvalue weighted by Crippen LogP contribution is -2.33. The summed E-state index contributed by atoms with van der Waals surface area (Å²) in [5, 5.41) is 6.63. The molecule has 30 heavy (non-hydrogen) atoms. The molecule has 2 amide bonds. The van der Waals surface area contributed by atoms with E-state index in [0.717, 1.165) is 35.9 Å². The average molecular weight is 405 g/mol. The number of amides is 2. The van der Waals surface area contributed by atoms with Gasteiger partial charge in [0.25, 0.3) is 5.91 Å². The number of fused-ring (bicyclic) bond motifs is 3. The molecule has 6 heteroatoms. The van der Waals surface area contributed by atoms with Crippen molar-refractivity contribution in [2.45, 2.75) is 33.1 Å². The van der Waals surface area contributed by atoms with Crippen LogP contribution in [0.15, 0.2) is 42.5 Å². The third-order valence-electron chi connectivity index (χ3n) is 5.57. The first kappa shape index (κ1) is 20.0. The number of ether oxygens (including phenoxy) is 1. The maximum absolute atomic E-state index is 12.8. The zero-order valence-electron chi connectivity index (χ0n) is 17.4. The molecular formula is C24H27N3O3. The van der Waals surface area contributed by atoms with Gasteiger partial charge in [-0.05, 0) is 68.0 Å². The molecule has 156 valence electrons. The van der Waals surface area contributed by atoms with E-state index < -0.39 is 0 Å². The van der Waals surface area contributed by atoms with Gasteiger partial charge in [0.1, 0.15) is 5.75 Å². The van der Waals surface area contributed by atoms with Gasteiger partial charge in [-0.1, -0.05) is 19.1 Å². The van der Waals surface area contributed by atoms with Gasteiger partial charge in [0.15, 0.2) is 0 Å². The van der Waals surface area contributed by atoms with Crippen LogP contribution >= 0.6 is 0 Å². The predicted octanol–water partition coefficient (Wildman–Crippen LogP) is 4.06. The summed E-state index contributed by atoms with van der Waals surface area (Å²) in [4.78, 5) is 28.5. The molecule has 1 aliphatic carbocycles. The number of aromatic nitrogens is 1. The van der Waals surface area contributed by atoms with E-state index in [1.54, 1.807) is 30.3 Å². The fraction of sp³-hybridized carbons (Fsp3) is 0.333. The second-order valence-corrected chi connectivity index (χ2v) is 7.85. The molecule has 1 atom stereocenters. The number of rotatable bonds is 6. The van der Waals surface area contributed by atoms with Crippen molar-refractivity contribution < 1.29 is 14.3 Å². The second kappa shape index (κ2) is 8.61. The van der Waals surface area contributed by atoms with Crippen molar-refractivity contribution in [3.8, 4) is 5.75 Å². The Labute approximate surface area is 176 Å². The Hall–Kier alpha value is -3.28. The van der Waals surface area contributed by atoms with Crippen LogP contribution in [-0.2, 0) is 17.6 Å². The molecule has 3 aromatic rings. The summed E-state index contributed by atoms with van der Waals surface area (Å²) >= 11 is 0. The van der Waals surface area contributed by atoms with Crippen molar-refractivity contribution in [3.05, 3.63) is 59.3 Å². The molecule has 4 rings (SSSR count). The Kier molecular flexibility index (Phi) is 5.74. The zero-order chi connectivity index (χ0) is 21.1. The number of aromatic amines is 1. The van der Waals surface area contributed by atoms with Gasteiger partial charge in [0.2, 0.25) is 5.91 Å². The van der Waals surface area contributed by atoms with Crippen molar-refractivity contribution in [2.24, 2.45) is 5.92 Å². The first-order valence-electron chi connectivity index (χ1n) is 10.5. The lowest BCUT2D eigenvalue weighted by Gasteiger charge is -2.17. The van der Waals surface area contributed by atoms with E-state index in [2.05, 4.69) is 28.6 Å². The summed E-state index contributed by atoms with van der Waals surface area (Å²) in [6.07, 6.45) is 3.20. The number of carbonyl (C=O) groups is 2. The smallest absolute Gasteiger partial charge is 0.253 e. The van der Waals surface area contributed by atoms with Crippen LogP contribution in [0, 0.1) is 5.92 Å². The van der Waals surface area contributed by atoms with Crippen LogP contribution in [0.5, 0.6) is 5.75 Å². The van der Waals surface area contributed by atoms with Crippen LogP contribution in [0.4, 0.5) is 5.69 Å². The number of para-hydroxylation sites is 1. The first-order valence-corrected chi connectivity index (χ1v) is 10.5. The van der Waals surface area contributed by atoms with E-state index in [4.69, 9.17) is 4.74 Å². The van der Waals surface area contributed by atoms with Crippen LogP contribution in [-0.4, -0.2) is 29.9 Å². The number of carbonyl (C=O) groups excluding carboxylic acids is 2. The maximum atomic E-state index is 12.8. The van der Waals surface area contributed by atoms with Gasteiger partial charge < -0.3 is 20.4 Å². The standard InChI is InChI=1S/C24H27N3O3/c1-3-30-17-10-8-16(9-11-17)26-22(28)14-25-24(29)19-6-4-5-18-20-13-15(2)7-12-21(20)27-23(18)19/h4-6,8-11,15,27H,3,7,12-14H2,1-2H3,(H,25,29)(H,26,28). The molecule has 6 nitrogen and oxygen atoms in total.